The molecule has 0 saturated carbocycles. The molecule has 2 rings (SSSR count). The number of nitrogens with zero attached hydrogens (tertiary/aromatic N) is 4. The SMILES string of the molecule is CC(CCO)n1cnc2c(Cl)nc(F)nc21. The minimum atomic E-state index is -0.879. The predicted octanol–water partition coefficient (Wildman–Crippen LogP) is 1.56. The molecule has 0 aliphatic heterocycles. The molecule has 0 saturated heterocycles. The number of hydrogen-bond acceptors (Lipinski definition) is 4. The summed E-state index contributed by atoms with van der Waals surface area (Å²) in [5, 5.41) is 8.85. The van der Waals surface area contributed by atoms with Gasteiger partial charge in [-0.05, 0) is 13.3 Å². The van der Waals surface area contributed by atoms with Crippen molar-refractivity contribution < 1.29 is 9.50 Å². The highest BCUT2D eigenvalue weighted by Gasteiger charge is 2.14. The van der Waals surface area contributed by atoms with Gasteiger partial charge in [-0.3, -0.25) is 0 Å². The first kappa shape index (κ1) is 11.2. The summed E-state index contributed by atoms with van der Waals surface area (Å²) in [6.45, 7) is 1.92. The molecule has 7 heteroatoms. The van der Waals surface area contributed by atoms with E-state index >= 15 is 0 Å². The van der Waals surface area contributed by atoms with Crippen molar-refractivity contribution in [1.29, 1.82) is 0 Å². The Balaban J connectivity index is 2.55. The number of aliphatic hydroxyl groups excluding tert-OH is 1. The van der Waals surface area contributed by atoms with Gasteiger partial charge in [0, 0.05) is 12.6 Å². The third-order valence-electron chi connectivity index (χ3n) is 2.37. The molecule has 1 N–H and O–H groups in total. The maximum atomic E-state index is 13.0. The second kappa shape index (κ2) is 4.31. The molecule has 86 valence electrons. The van der Waals surface area contributed by atoms with Crippen molar-refractivity contribution >= 4 is 22.8 Å². The van der Waals surface area contributed by atoms with E-state index in [1.54, 1.807) is 4.57 Å². The standard InChI is InChI=1S/C9H10ClFN4O/c1-5(2-3-16)15-4-12-6-7(10)13-9(11)14-8(6)15/h4-5,16H,2-3H2,1H3. The lowest BCUT2D eigenvalue weighted by Crippen LogP contribution is -2.07. The maximum absolute atomic E-state index is 13.0. The number of imidazole rings is 1. The first-order chi connectivity index (χ1) is 7.63. The van der Waals surface area contributed by atoms with Crippen LogP contribution in [0.5, 0.6) is 0 Å². The van der Waals surface area contributed by atoms with Crippen molar-refractivity contribution in [1.82, 2.24) is 19.5 Å². The van der Waals surface area contributed by atoms with E-state index in [2.05, 4.69) is 15.0 Å². The lowest BCUT2D eigenvalue weighted by atomic mass is 10.2. The number of halogens is 2. The monoisotopic (exact) mass is 244 g/mol. The molecule has 2 heterocycles. The summed E-state index contributed by atoms with van der Waals surface area (Å²) in [5.74, 6) is 0. The van der Waals surface area contributed by atoms with Crippen LogP contribution in [-0.4, -0.2) is 31.2 Å². The van der Waals surface area contributed by atoms with E-state index < -0.39 is 6.08 Å². The van der Waals surface area contributed by atoms with Gasteiger partial charge in [-0.15, -0.1) is 0 Å². The highest BCUT2D eigenvalue weighted by molar-refractivity contribution is 6.33. The van der Waals surface area contributed by atoms with Gasteiger partial charge in [-0.25, -0.2) is 4.98 Å². The van der Waals surface area contributed by atoms with Gasteiger partial charge in [-0.2, -0.15) is 14.4 Å². The van der Waals surface area contributed by atoms with Gasteiger partial charge in [0.05, 0.1) is 6.33 Å². The van der Waals surface area contributed by atoms with Crippen molar-refractivity contribution in [3.8, 4) is 0 Å². The lowest BCUT2D eigenvalue weighted by molar-refractivity contribution is 0.264. The Bertz CT molecular complexity index is 515. The summed E-state index contributed by atoms with van der Waals surface area (Å²) >= 11 is 5.74. The first-order valence-corrected chi connectivity index (χ1v) is 5.17. The van der Waals surface area contributed by atoms with Crippen LogP contribution in [0.25, 0.3) is 11.2 Å². The Labute approximate surface area is 95.9 Å². The molecule has 0 amide bonds. The van der Waals surface area contributed by atoms with Crippen LogP contribution >= 0.6 is 11.6 Å². The Morgan fingerprint density at radius 2 is 2.31 bits per heavy atom. The Morgan fingerprint density at radius 3 is 3.00 bits per heavy atom. The van der Waals surface area contributed by atoms with Crippen molar-refractivity contribution in [3.63, 3.8) is 0 Å². The topological polar surface area (TPSA) is 63.8 Å². The van der Waals surface area contributed by atoms with Gasteiger partial charge in [0.1, 0.15) is 5.52 Å². The highest BCUT2D eigenvalue weighted by atomic mass is 35.5. The molecule has 2 aromatic heterocycles. The van der Waals surface area contributed by atoms with Crippen molar-refractivity contribution in [2.75, 3.05) is 6.61 Å². The van der Waals surface area contributed by atoms with Gasteiger partial charge in [0.15, 0.2) is 10.8 Å². The molecule has 0 radical (unpaired) electrons. The molecule has 0 aliphatic carbocycles. The summed E-state index contributed by atoms with van der Waals surface area (Å²) < 4.78 is 14.7. The van der Waals surface area contributed by atoms with Crippen molar-refractivity contribution in [3.05, 3.63) is 17.6 Å². The van der Waals surface area contributed by atoms with Gasteiger partial charge in [-0.1, -0.05) is 11.6 Å². The van der Waals surface area contributed by atoms with Gasteiger partial charge >= 0.3 is 6.08 Å². The van der Waals surface area contributed by atoms with Crippen LogP contribution in [0.4, 0.5) is 4.39 Å². The molecule has 0 fully saturated rings. The largest absolute Gasteiger partial charge is 0.396 e. The molecule has 0 bridgehead atoms. The second-order valence-electron chi connectivity index (χ2n) is 3.47. The van der Waals surface area contributed by atoms with Crippen LogP contribution in [0.1, 0.15) is 19.4 Å². The summed E-state index contributed by atoms with van der Waals surface area (Å²) in [7, 11) is 0. The number of rotatable bonds is 3. The third kappa shape index (κ3) is 1.85. The van der Waals surface area contributed by atoms with Crippen molar-refractivity contribution in [2.45, 2.75) is 19.4 Å². The molecule has 1 unspecified atom stereocenters. The van der Waals surface area contributed by atoms with Gasteiger partial charge in [0.25, 0.3) is 0 Å². The van der Waals surface area contributed by atoms with Crippen LogP contribution in [0, 0.1) is 6.08 Å². The Hall–Kier alpha value is -1.27. The average molecular weight is 245 g/mol. The summed E-state index contributed by atoms with van der Waals surface area (Å²) in [6, 6.07) is -0.0274. The number of aromatic nitrogens is 4. The Kier molecular flexibility index (Phi) is 3.02. The average Bonchev–Trinajstić information content (AvgIpc) is 2.61. The van der Waals surface area contributed by atoms with Crippen LogP contribution in [0.2, 0.25) is 5.15 Å². The van der Waals surface area contributed by atoms with E-state index in [1.807, 2.05) is 6.92 Å². The third-order valence-corrected chi connectivity index (χ3v) is 2.64. The fraction of sp³-hybridized carbons (Fsp3) is 0.444. The zero-order chi connectivity index (χ0) is 11.7. The quantitative estimate of drug-likeness (QED) is 0.657. The lowest BCUT2D eigenvalue weighted by Gasteiger charge is -2.11. The van der Waals surface area contributed by atoms with Crippen LogP contribution in [0.15, 0.2) is 6.33 Å². The molecule has 0 spiro atoms. The molecule has 5 nitrogen and oxygen atoms in total. The summed E-state index contributed by atoms with van der Waals surface area (Å²) in [5.41, 5.74) is 0.714. The number of fused-ring (bicyclic) bond motifs is 1. The van der Waals surface area contributed by atoms with Gasteiger partial charge < -0.3 is 9.67 Å². The molecule has 0 aliphatic rings. The van der Waals surface area contributed by atoms with E-state index in [0.29, 0.717) is 17.6 Å². The summed E-state index contributed by atoms with van der Waals surface area (Å²) in [6.07, 6.45) is 1.18. The zero-order valence-corrected chi connectivity index (χ0v) is 9.32. The second-order valence-corrected chi connectivity index (χ2v) is 3.83. The van der Waals surface area contributed by atoms with Crippen molar-refractivity contribution in [2.24, 2.45) is 0 Å². The minimum absolute atomic E-state index is 0.00236. The predicted molar refractivity (Wildman–Crippen MR) is 56.7 cm³/mol. The molecular formula is C9H10ClFN4O. The molecule has 0 aromatic carbocycles. The van der Waals surface area contributed by atoms with E-state index in [0.717, 1.165) is 0 Å². The molecule has 1 atom stereocenters. The van der Waals surface area contributed by atoms with E-state index in [9.17, 15) is 4.39 Å². The van der Waals surface area contributed by atoms with Crippen LogP contribution in [-0.2, 0) is 0 Å². The zero-order valence-electron chi connectivity index (χ0n) is 8.56. The molecule has 2 aromatic rings. The highest BCUT2D eigenvalue weighted by Crippen LogP contribution is 2.22. The molecule has 16 heavy (non-hydrogen) atoms. The Morgan fingerprint density at radius 1 is 1.56 bits per heavy atom. The first-order valence-electron chi connectivity index (χ1n) is 4.80. The number of aliphatic hydroxyl groups is 1. The van der Waals surface area contributed by atoms with E-state index in [-0.39, 0.29) is 17.8 Å². The van der Waals surface area contributed by atoms with E-state index in [4.69, 9.17) is 16.7 Å². The minimum Gasteiger partial charge on any atom is -0.396 e. The maximum Gasteiger partial charge on any atom is 0.312 e. The van der Waals surface area contributed by atoms with Gasteiger partial charge in [0.2, 0.25) is 0 Å². The normalized spacial score (nSPS) is 13.2. The summed E-state index contributed by atoms with van der Waals surface area (Å²) in [4.78, 5) is 11.1. The van der Waals surface area contributed by atoms with Crippen LogP contribution in [0.3, 0.4) is 0 Å². The fourth-order valence-electron chi connectivity index (χ4n) is 1.51. The van der Waals surface area contributed by atoms with E-state index in [1.165, 1.54) is 6.33 Å². The van der Waals surface area contributed by atoms with Crippen LogP contribution < -0.4 is 0 Å². The smallest absolute Gasteiger partial charge is 0.312 e. The fourth-order valence-corrected chi connectivity index (χ4v) is 1.71. The number of hydrogen-bond donors (Lipinski definition) is 1. The molecular weight excluding hydrogens is 235 g/mol.